The van der Waals surface area contributed by atoms with Crippen molar-refractivity contribution >= 4 is 35.1 Å². The van der Waals surface area contributed by atoms with Crippen LogP contribution >= 0.6 is 35.1 Å². The standard InChI is InChI=1S/C19H17ClN2S2/c1-12-4-6-13(7-5-12)16-17(21-19(20)22-18(16)24-3)14-8-10-15(23-2)11-9-14/h4-11H,1-3H3. The quantitative estimate of drug-likeness (QED) is 0.308. The van der Waals surface area contributed by atoms with E-state index in [1.54, 1.807) is 23.5 Å². The first-order valence-electron chi connectivity index (χ1n) is 7.45. The number of hydrogen-bond donors (Lipinski definition) is 0. The van der Waals surface area contributed by atoms with E-state index in [1.165, 1.54) is 10.5 Å². The highest BCUT2D eigenvalue weighted by Gasteiger charge is 2.17. The Morgan fingerprint density at radius 3 is 2.00 bits per heavy atom. The molecule has 0 atom stereocenters. The molecule has 1 heterocycles. The molecule has 0 N–H and O–H groups in total. The van der Waals surface area contributed by atoms with Gasteiger partial charge in [0.15, 0.2) is 0 Å². The van der Waals surface area contributed by atoms with Gasteiger partial charge >= 0.3 is 0 Å². The van der Waals surface area contributed by atoms with Crippen LogP contribution in [0.2, 0.25) is 5.28 Å². The van der Waals surface area contributed by atoms with Gasteiger partial charge in [-0.1, -0.05) is 42.0 Å². The van der Waals surface area contributed by atoms with Crippen LogP contribution in [-0.4, -0.2) is 22.5 Å². The zero-order chi connectivity index (χ0) is 17.1. The number of aromatic nitrogens is 2. The van der Waals surface area contributed by atoms with Crippen LogP contribution in [0, 0.1) is 6.92 Å². The number of hydrogen-bond acceptors (Lipinski definition) is 4. The predicted octanol–water partition coefficient (Wildman–Crippen LogP) is 6.22. The third-order valence-electron chi connectivity index (χ3n) is 3.75. The predicted molar refractivity (Wildman–Crippen MR) is 106 cm³/mol. The highest BCUT2D eigenvalue weighted by molar-refractivity contribution is 7.98. The Bertz CT molecular complexity index is 846. The Hall–Kier alpha value is -1.49. The summed E-state index contributed by atoms with van der Waals surface area (Å²) >= 11 is 9.49. The molecule has 0 radical (unpaired) electrons. The first-order chi connectivity index (χ1) is 11.6. The molecule has 0 aliphatic carbocycles. The van der Waals surface area contributed by atoms with Gasteiger partial charge in [-0.05, 0) is 48.7 Å². The third kappa shape index (κ3) is 3.61. The minimum atomic E-state index is 0.277. The minimum Gasteiger partial charge on any atom is -0.217 e. The number of nitrogens with zero attached hydrogens (tertiary/aromatic N) is 2. The summed E-state index contributed by atoms with van der Waals surface area (Å²) in [6, 6.07) is 16.8. The molecule has 3 rings (SSSR count). The maximum absolute atomic E-state index is 6.18. The largest absolute Gasteiger partial charge is 0.224 e. The van der Waals surface area contributed by atoms with E-state index in [4.69, 9.17) is 11.6 Å². The van der Waals surface area contributed by atoms with Crippen molar-refractivity contribution in [2.24, 2.45) is 0 Å². The van der Waals surface area contributed by atoms with Crippen LogP contribution in [-0.2, 0) is 0 Å². The lowest BCUT2D eigenvalue weighted by molar-refractivity contribution is 1.06. The summed E-state index contributed by atoms with van der Waals surface area (Å²) in [7, 11) is 0. The number of aryl methyl sites for hydroxylation is 1. The highest BCUT2D eigenvalue weighted by Crippen LogP contribution is 2.38. The molecule has 0 aliphatic rings. The van der Waals surface area contributed by atoms with Crippen molar-refractivity contribution in [3.05, 3.63) is 59.4 Å². The summed E-state index contributed by atoms with van der Waals surface area (Å²) in [5.41, 5.74) is 5.28. The Kier molecular flexibility index (Phi) is 5.49. The van der Waals surface area contributed by atoms with Crippen LogP contribution in [0.1, 0.15) is 5.56 Å². The number of thioether (sulfide) groups is 2. The second-order valence-corrected chi connectivity index (χ2v) is 7.33. The lowest BCUT2D eigenvalue weighted by atomic mass is 10.00. The Morgan fingerprint density at radius 2 is 1.42 bits per heavy atom. The molecule has 2 nitrogen and oxygen atoms in total. The van der Waals surface area contributed by atoms with E-state index in [0.717, 1.165) is 27.4 Å². The fourth-order valence-corrected chi connectivity index (χ4v) is 3.72. The van der Waals surface area contributed by atoms with Gasteiger partial charge in [0.1, 0.15) is 5.03 Å². The van der Waals surface area contributed by atoms with Crippen molar-refractivity contribution in [2.75, 3.05) is 12.5 Å². The number of rotatable bonds is 4. The Labute approximate surface area is 156 Å². The Morgan fingerprint density at radius 1 is 0.792 bits per heavy atom. The highest BCUT2D eigenvalue weighted by atomic mass is 35.5. The van der Waals surface area contributed by atoms with Crippen LogP contribution in [0.4, 0.5) is 0 Å². The first kappa shape index (κ1) is 17.3. The zero-order valence-electron chi connectivity index (χ0n) is 13.7. The van der Waals surface area contributed by atoms with Crippen LogP contribution in [0.25, 0.3) is 22.4 Å². The molecule has 122 valence electrons. The molecule has 3 aromatic rings. The second kappa shape index (κ2) is 7.60. The average Bonchev–Trinajstić information content (AvgIpc) is 2.62. The lowest BCUT2D eigenvalue weighted by Gasteiger charge is -2.14. The maximum Gasteiger partial charge on any atom is 0.224 e. The lowest BCUT2D eigenvalue weighted by Crippen LogP contribution is -1.97. The van der Waals surface area contributed by atoms with Crippen molar-refractivity contribution in [1.82, 2.24) is 9.97 Å². The van der Waals surface area contributed by atoms with Gasteiger partial charge in [-0.2, -0.15) is 0 Å². The normalized spacial score (nSPS) is 10.8. The van der Waals surface area contributed by atoms with E-state index >= 15 is 0 Å². The average molecular weight is 373 g/mol. The molecule has 24 heavy (non-hydrogen) atoms. The van der Waals surface area contributed by atoms with E-state index < -0.39 is 0 Å². The van der Waals surface area contributed by atoms with Gasteiger partial charge in [0.25, 0.3) is 0 Å². The van der Waals surface area contributed by atoms with Crippen LogP contribution in [0.15, 0.2) is 58.5 Å². The van der Waals surface area contributed by atoms with E-state index in [9.17, 15) is 0 Å². The maximum atomic E-state index is 6.18. The molecule has 0 spiro atoms. The van der Waals surface area contributed by atoms with Gasteiger partial charge < -0.3 is 0 Å². The molecule has 1 aromatic heterocycles. The van der Waals surface area contributed by atoms with Gasteiger partial charge in [-0.25, -0.2) is 9.97 Å². The van der Waals surface area contributed by atoms with E-state index in [2.05, 4.69) is 71.7 Å². The SMILES string of the molecule is CSc1ccc(-c2nc(Cl)nc(SC)c2-c2ccc(C)cc2)cc1. The first-order valence-corrected chi connectivity index (χ1v) is 10.3. The van der Waals surface area contributed by atoms with Crippen LogP contribution < -0.4 is 0 Å². The topological polar surface area (TPSA) is 25.8 Å². The number of halogens is 1. The molecule has 0 unspecified atom stereocenters. The van der Waals surface area contributed by atoms with Gasteiger partial charge in [0, 0.05) is 16.0 Å². The van der Waals surface area contributed by atoms with Crippen molar-refractivity contribution < 1.29 is 0 Å². The molecule has 0 aliphatic heterocycles. The fourth-order valence-electron chi connectivity index (χ4n) is 2.50. The van der Waals surface area contributed by atoms with Crippen LogP contribution in [0.5, 0.6) is 0 Å². The molecular formula is C19H17ClN2S2. The molecule has 0 amide bonds. The van der Waals surface area contributed by atoms with E-state index in [-0.39, 0.29) is 5.28 Å². The summed E-state index contributed by atoms with van der Waals surface area (Å²) < 4.78 is 0. The molecule has 0 saturated carbocycles. The molecule has 5 heteroatoms. The molecular weight excluding hydrogens is 356 g/mol. The molecule has 0 fully saturated rings. The van der Waals surface area contributed by atoms with Crippen LogP contribution in [0.3, 0.4) is 0 Å². The second-order valence-electron chi connectivity index (χ2n) is 5.32. The van der Waals surface area contributed by atoms with Gasteiger partial charge in [-0.3, -0.25) is 0 Å². The summed E-state index contributed by atoms with van der Waals surface area (Å²) in [6.45, 7) is 2.08. The monoisotopic (exact) mass is 372 g/mol. The summed E-state index contributed by atoms with van der Waals surface area (Å²) in [5, 5.41) is 1.17. The van der Waals surface area contributed by atoms with Gasteiger partial charge in [-0.15, -0.1) is 23.5 Å². The van der Waals surface area contributed by atoms with Gasteiger partial charge in [0.2, 0.25) is 5.28 Å². The zero-order valence-corrected chi connectivity index (χ0v) is 16.1. The third-order valence-corrected chi connectivity index (χ3v) is 5.34. The minimum absolute atomic E-state index is 0.277. The summed E-state index contributed by atoms with van der Waals surface area (Å²) in [5.74, 6) is 0. The summed E-state index contributed by atoms with van der Waals surface area (Å²) in [4.78, 5) is 10.2. The van der Waals surface area contributed by atoms with Crippen molar-refractivity contribution in [1.29, 1.82) is 0 Å². The molecule has 0 saturated heterocycles. The summed E-state index contributed by atoms with van der Waals surface area (Å²) in [6.07, 6.45) is 4.08. The van der Waals surface area contributed by atoms with Crippen molar-refractivity contribution in [2.45, 2.75) is 16.8 Å². The van der Waals surface area contributed by atoms with E-state index in [0.29, 0.717) is 0 Å². The van der Waals surface area contributed by atoms with Gasteiger partial charge in [0.05, 0.1) is 5.69 Å². The molecule has 2 aromatic carbocycles. The van der Waals surface area contributed by atoms with E-state index in [1.807, 2.05) is 6.26 Å². The van der Waals surface area contributed by atoms with Crippen molar-refractivity contribution in [3.8, 4) is 22.4 Å². The Balaban J connectivity index is 2.23. The molecule has 0 bridgehead atoms. The number of benzene rings is 2. The smallest absolute Gasteiger partial charge is 0.217 e. The van der Waals surface area contributed by atoms with Crippen molar-refractivity contribution in [3.63, 3.8) is 0 Å². The fraction of sp³-hybridized carbons (Fsp3) is 0.158.